The SMILES string of the molecule is Cn1cnc([N+](=O)[O-])c1NC(C)(C)C(=O)O. The van der Waals surface area contributed by atoms with Crippen LogP contribution in [0.3, 0.4) is 0 Å². The summed E-state index contributed by atoms with van der Waals surface area (Å²) in [5.41, 5.74) is -1.31. The number of anilines is 1. The first kappa shape index (κ1) is 12.0. The van der Waals surface area contributed by atoms with Crippen LogP contribution in [-0.4, -0.2) is 31.1 Å². The third-order valence-electron chi connectivity index (χ3n) is 2.06. The van der Waals surface area contributed by atoms with Crippen LogP contribution in [0.1, 0.15) is 13.8 Å². The molecular formula is C8H12N4O4. The van der Waals surface area contributed by atoms with Crippen LogP contribution < -0.4 is 5.32 Å². The average Bonchev–Trinajstić information content (AvgIpc) is 2.47. The van der Waals surface area contributed by atoms with Gasteiger partial charge < -0.3 is 20.5 Å². The number of aliphatic carboxylic acids is 1. The van der Waals surface area contributed by atoms with Crippen molar-refractivity contribution in [3.63, 3.8) is 0 Å². The zero-order chi connectivity index (χ0) is 12.5. The van der Waals surface area contributed by atoms with E-state index in [0.29, 0.717) is 0 Å². The molecular weight excluding hydrogens is 216 g/mol. The van der Waals surface area contributed by atoms with E-state index in [0.717, 1.165) is 0 Å². The summed E-state index contributed by atoms with van der Waals surface area (Å²) in [6.07, 6.45) is 1.25. The second kappa shape index (κ2) is 3.80. The van der Waals surface area contributed by atoms with E-state index in [9.17, 15) is 14.9 Å². The Morgan fingerprint density at radius 3 is 2.69 bits per heavy atom. The second-order valence-electron chi connectivity index (χ2n) is 3.84. The van der Waals surface area contributed by atoms with Crippen molar-refractivity contribution in [2.75, 3.05) is 5.32 Å². The maximum Gasteiger partial charge on any atom is 0.406 e. The third kappa shape index (κ3) is 2.10. The van der Waals surface area contributed by atoms with Gasteiger partial charge in [-0.1, -0.05) is 0 Å². The molecule has 0 bridgehead atoms. The summed E-state index contributed by atoms with van der Waals surface area (Å²) >= 11 is 0. The van der Waals surface area contributed by atoms with Crippen LogP contribution in [0.2, 0.25) is 0 Å². The zero-order valence-corrected chi connectivity index (χ0v) is 9.09. The highest BCUT2D eigenvalue weighted by Gasteiger charge is 2.32. The van der Waals surface area contributed by atoms with Gasteiger partial charge in [0.2, 0.25) is 12.1 Å². The van der Waals surface area contributed by atoms with Gasteiger partial charge in [-0.2, -0.15) is 0 Å². The van der Waals surface area contributed by atoms with E-state index in [1.165, 1.54) is 24.7 Å². The highest BCUT2D eigenvalue weighted by Crippen LogP contribution is 2.24. The minimum Gasteiger partial charge on any atom is -0.480 e. The average molecular weight is 228 g/mol. The first-order chi connectivity index (χ1) is 7.25. The van der Waals surface area contributed by atoms with Gasteiger partial charge in [-0.3, -0.25) is 4.57 Å². The molecule has 0 amide bonds. The molecule has 0 saturated carbocycles. The predicted molar refractivity (Wildman–Crippen MR) is 55.2 cm³/mol. The Morgan fingerprint density at radius 1 is 1.69 bits per heavy atom. The molecule has 1 aromatic rings. The molecule has 0 fully saturated rings. The second-order valence-corrected chi connectivity index (χ2v) is 3.84. The largest absolute Gasteiger partial charge is 0.480 e. The zero-order valence-electron chi connectivity index (χ0n) is 9.09. The van der Waals surface area contributed by atoms with Crippen molar-refractivity contribution < 1.29 is 14.8 Å². The molecule has 1 aromatic heterocycles. The summed E-state index contributed by atoms with van der Waals surface area (Å²) < 4.78 is 1.36. The number of aromatic nitrogens is 2. The van der Waals surface area contributed by atoms with Crippen molar-refractivity contribution in [1.82, 2.24) is 9.55 Å². The quantitative estimate of drug-likeness (QED) is 0.576. The van der Waals surface area contributed by atoms with Crippen LogP contribution in [0.25, 0.3) is 0 Å². The molecule has 0 aliphatic heterocycles. The number of nitrogens with one attached hydrogen (secondary N) is 1. The van der Waals surface area contributed by atoms with E-state index in [1.54, 1.807) is 7.05 Å². The maximum atomic E-state index is 10.9. The van der Waals surface area contributed by atoms with Crippen LogP contribution in [0.15, 0.2) is 6.33 Å². The number of nitro groups is 1. The molecule has 0 radical (unpaired) electrons. The fraction of sp³-hybridized carbons (Fsp3) is 0.500. The smallest absolute Gasteiger partial charge is 0.406 e. The predicted octanol–water partition coefficient (Wildman–Crippen LogP) is 0.603. The molecule has 0 aliphatic rings. The fourth-order valence-electron chi connectivity index (χ4n) is 1.05. The molecule has 1 rings (SSSR count). The summed E-state index contributed by atoms with van der Waals surface area (Å²) in [6, 6.07) is 0. The lowest BCUT2D eigenvalue weighted by molar-refractivity contribution is -0.388. The van der Waals surface area contributed by atoms with E-state index in [4.69, 9.17) is 5.11 Å². The van der Waals surface area contributed by atoms with E-state index in [-0.39, 0.29) is 5.82 Å². The monoisotopic (exact) mass is 228 g/mol. The highest BCUT2D eigenvalue weighted by molar-refractivity contribution is 5.82. The minimum atomic E-state index is -1.31. The van der Waals surface area contributed by atoms with Crippen molar-refractivity contribution in [2.45, 2.75) is 19.4 Å². The number of carboxylic acid groups (broad SMARTS) is 1. The number of hydrogen-bond donors (Lipinski definition) is 2. The molecule has 0 aliphatic carbocycles. The lowest BCUT2D eigenvalue weighted by atomic mass is 10.1. The maximum absolute atomic E-state index is 10.9. The van der Waals surface area contributed by atoms with Gasteiger partial charge >= 0.3 is 11.8 Å². The Hall–Kier alpha value is -2.12. The van der Waals surface area contributed by atoms with Crippen LogP contribution in [-0.2, 0) is 11.8 Å². The Labute approximate surface area is 91.1 Å². The third-order valence-corrected chi connectivity index (χ3v) is 2.06. The molecule has 1 heterocycles. The fourth-order valence-corrected chi connectivity index (χ4v) is 1.05. The lowest BCUT2D eigenvalue weighted by Gasteiger charge is -2.21. The molecule has 8 nitrogen and oxygen atoms in total. The number of nitrogens with zero attached hydrogens (tertiary/aromatic N) is 3. The van der Waals surface area contributed by atoms with Crippen molar-refractivity contribution in [3.8, 4) is 0 Å². The molecule has 0 saturated heterocycles. The summed E-state index contributed by atoms with van der Waals surface area (Å²) in [6.45, 7) is 2.82. The van der Waals surface area contributed by atoms with Crippen molar-refractivity contribution in [2.24, 2.45) is 7.05 Å². The molecule has 88 valence electrons. The van der Waals surface area contributed by atoms with Crippen molar-refractivity contribution >= 4 is 17.6 Å². The van der Waals surface area contributed by atoms with E-state index in [2.05, 4.69) is 10.3 Å². The van der Waals surface area contributed by atoms with Gasteiger partial charge in [0.25, 0.3) is 0 Å². The molecule has 0 unspecified atom stereocenters. The number of carbonyl (C=O) groups is 1. The summed E-state index contributed by atoms with van der Waals surface area (Å²) in [5.74, 6) is -1.43. The van der Waals surface area contributed by atoms with E-state index >= 15 is 0 Å². The van der Waals surface area contributed by atoms with Crippen LogP contribution in [0.4, 0.5) is 11.6 Å². The van der Waals surface area contributed by atoms with Crippen LogP contribution in [0, 0.1) is 10.1 Å². The number of rotatable bonds is 4. The van der Waals surface area contributed by atoms with Gasteiger partial charge in [0.1, 0.15) is 5.54 Å². The number of aryl methyl sites for hydroxylation is 1. The Balaban J connectivity index is 3.10. The van der Waals surface area contributed by atoms with Gasteiger partial charge in [-0.15, -0.1) is 0 Å². The van der Waals surface area contributed by atoms with Crippen LogP contribution >= 0.6 is 0 Å². The molecule has 2 N–H and O–H groups in total. The van der Waals surface area contributed by atoms with Crippen LogP contribution in [0.5, 0.6) is 0 Å². The summed E-state index contributed by atoms with van der Waals surface area (Å²) in [7, 11) is 1.54. The molecule has 0 aromatic carbocycles. The molecule has 0 atom stereocenters. The highest BCUT2D eigenvalue weighted by atomic mass is 16.6. The van der Waals surface area contributed by atoms with Gasteiger partial charge in [0, 0.05) is 7.05 Å². The lowest BCUT2D eigenvalue weighted by Crippen LogP contribution is -2.40. The van der Waals surface area contributed by atoms with E-state index < -0.39 is 22.2 Å². The summed E-state index contributed by atoms with van der Waals surface area (Å²) in [5, 5.41) is 22.1. The topological polar surface area (TPSA) is 110 Å². The van der Waals surface area contributed by atoms with Gasteiger partial charge in [-0.05, 0) is 23.8 Å². The molecule has 8 heteroatoms. The van der Waals surface area contributed by atoms with Gasteiger partial charge in [0.15, 0.2) is 0 Å². The standard InChI is InChI=1S/C8H12N4O4/c1-8(2,7(13)14)10-6-5(12(15)16)9-4-11(6)3/h4,10H,1-3H3,(H,13,14). The Kier molecular flexibility index (Phi) is 2.84. The number of hydrogen-bond acceptors (Lipinski definition) is 5. The van der Waals surface area contributed by atoms with Gasteiger partial charge in [0.05, 0.1) is 0 Å². The van der Waals surface area contributed by atoms with E-state index in [1.807, 2.05) is 0 Å². The first-order valence-electron chi connectivity index (χ1n) is 4.43. The number of imidazole rings is 1. The Morgan fingerprint density at radius 2 is 2.25 bits per heavy atom. The number of carboxylic acids is 1. The van der Waals surface area contributed by atoms with Crippen molar-refractivity contribution in [3.05, 3.63) is 16.4 Å². The molecule has 0 spiro atoms. The summed E-state index contributed by atoms with van der Waals surface area (Å²) in [4.78, 5) is 24.4. The normalized spacial score (nSPS) is 11.2. The van der Waals surface area contributed by atoms with Gasteiger partial charge in [-0.25, -0.2) is 4.79 Å². The Bertz CT molecular complexity index is 437. The molecule has 16 heavy (non-hydrogen) atoms. The first-order valence-corrected chi connectivity index (χ1v) is 4.43. The van der Waals surface area contributed by atoms with Crippen molar-refractivity contribution in [1.29, 1.82) is 0 Å². The minimum absolute atomic E-state index is 0.0670.